The molecule has 2 aliphatic heterocycles. The standard InChI is InChI=1S/C22H22N2O/c1-23-18-10-11-19-22(21(25)13-16-9-5-6-12-24(16)19)17(18)14-20(23)15-7-3-2-4-8-15/h2-4,7-8,10-11,14,16H,5-6,9,12-13H2,1H3. The van der Waals surface area contributed by atoms with Crippen LogP contribution in [0.2, 0.25) is 0 Å². The Morgan fingerprint density at radius 1 is 1.04 bits per heavy atom. The van der Waals surface area contributed by atoms with Crippen molar-refractivity contribution in [1.82, 2.24) is 4.57 Å². The molecule has 2 aliphatic rings. The molecule has 0 amide bonds. The average molecular weight is 330 g/mol. The van der Waals surface area contributed by atoms with E-state index in [9.17, 15) is 4.79 Å². The van der Waals surface area contributed by atoms with E-state index in [1.54, 1.807) is 0 Å². The topological polar surface area (TPSA) is 25.2 Å². The third kappa shape index (κ3) is 2.15. The van der Waals surface area contributed by atoms with Gasteiger partial charge in [0.2, 0.25) is 0 Å². The van der Waals surface area contributed by atoms with E-state index in [2.05, 4.69) is 59.0 Å². The van der Waals surface area contributed by atoms with Crippen molar-refractivity contribution < 1.29 is 4.79 Å². The maximum Gasteiger partial charge on any atom is 0.167 e. The number of benzene rings is 2. The highest BCUT2D eigenvalue weighted by Crippen LogP contribution is 2.40. The predicted octanol–water partition coefficient (Wildman–Crippen LogP) is 4.79. The number of aryl methyl sites for hydroxylation is 1. The van der Waals surface area contributed by atoms with Crippen LogP contribution in [0.25, 0.3) is 22.2 Å². The molecule has 0 N–H and O–H groups in total. The van der Waals surface area contributed by atoms with Crippen LogP contribution in [0.1, 0.15) is 36.0 Å². The summed E-state index contributed by atoms with van der Waals surface area (Å²) in [5, 5.41) is 1.10. The van der Waals surface area contributed by atoms with Crippen LogP contribution in [0.5, 0.6) is 0 Å². The van der Waals surface area contributed by atoms with Gasteiger partial charge in [-0.05, 0) is 43.0 Å². The first-order valence-electron chi connectivity index (χ1n) is 9.22. The van der Waals surface area contributed by atoms with Crippen LogP contribution in [0.15, 0.2) is 48.5 Å². The van der Waals surface area contributed by atoms with Crippen LogP contribution < -0.4 is 4.90 Å². The Hall–Kier alpha value is -2.55. The van der Waals surface area contributed by atoms with Crippen molar-refractivity contribution >= 4 is 22.4 Å². The van der Waals surface area contributed by atoms with E-state index in [0.717, 1.165) is 40.8 Å². The van der Waals surface area contributed by atoms with E-state index in [1.165, 1.54) is 18.4 Å². The number of carbonyl (C=O) groups excluding carboxylic acids is 1. The van der Waals surface area contributed by atoms with E-state index in [4.69, 9.17) is 0 Å². The average Bonchev–Trinajstić information content (AvgIpc) is 2.99. The van der Waals surface area contributed by atoms with Gasteiger partial charge in [0.15, 0.2) is 5.78 Å². The monoisotopic (exact) mass is 330 g/mol. The van der Waals surface area contributed by atoms with Gasteiger partial charge in [-0.15, -0.1) is 0 Å². The fourth-order valence-corrected chi connectivity index (χ4v) is 4.66. The largest absolute Gasteiger partial charge is 0.367 e. The normalized spacial score (nSPS) is 19.8. The highest BCUT2D eigenvalue weighted by atomic mass is 16.1. The molecule has 3 heteroatoms. The second-order valence-corrected chi connectivity index (χ2v) is 7.32. The first kappa shape index (κ1) is 14.8. The molecule has 126 valence electrons. The van der Waals surface area contributed by atoms with Gasteiger partial charge < -0.3 is 9.47 Å². The van der Waals surface area contributed by atoms with Crippen LogP contribution in [-0.2, 0) is 7.05 Å². The van der Waals surface area contributed by atoms with Crippen LogP contribution >= 0.6 is 0 Å². The second kappa shape index (κ2) is 5.48. The third-order valence-corrected chi connectivity index (χ3v) is 5.91. The Balaban J connectivity index is 1.74. The number of anilines is 1. The zero-order valence-corrected chi connectivity index (χ0v) is 14.5. The molecule has 1 aromatic heterocycles. The van der Waals surface area contributed by atoms with Gasteiger partial charge in [0.05, 0.1) is 5.56 Å². The molecule has 5 rings (SSSR count). The van der Waals surface area contributed by atoms with Gasteiger partial charge in [0.1, 0.15) is 0 Å². The molecule has 3 nitrogen and oxygen atoms in total. The number of rotatable bonds is 1. The van der Waals surface area contributed by atoms with Crippen LogP contribution in [0.4, 0.5) is 5.69 Å². The number of hydrogen-bond acceptors (Lipinski definition) is 2. The van der Waals surface area contributed by atoms with Gasteiger partial charge in [-0.2, -0.15) is 0 Å². The number of ketones is 1. The van der Waals surface area contributed by atoms with Crippen molar-refractivity contribution in [1.29, 1.82) is 0 Å². The summed E-state index contributed by atoms with van der Waals surface area (Å²) in [5.74, 6) is 0.314. The Bertz CT molecular complexity index is 971. The van der Waals surface area contributed by atoms with E-state index < -0.39 is 0 Å². The van der Waals surface area contributed by atoms with Crippen molar-refractivity contribution in [3.8, 4) is 11.3 Å². The highest BCUT2D eigenvalue weighted by molar-refractivity contribution is 6.15. The smallest absolute Gasteiger partial charge is 0.167 e. The summed E-state index contributed by atoms with van der Waals surface area (Å²) in [4.78, 5) is 15.5. The maximum absolute atomic E-state index is 13.0. The van der Waals surface area contributed by atoms with Crippen LogP contribution in [-0.4, -0.2) is 22.9 Å². The molecule has 0 bridgehead atoms. The molecule has 0 aliphatic carbocycles. The molecular weight excluding hydrogens is 308 g/mol. The predicted molar refractivity (Wildman–Crippen MR) is 102 cm³/mol. The number of fused-ring (bicyclic) bond motifs is 5. The van der Waals surface area contributed by atoms with Gasteiger partial charge in [-0.3, -0.25) is 4.79 Å². The summed E-state index contributed by atoms with van der Waals surface area (Å²) < 4.78 is 2.21. The van der Waals surface area contributed by atoms with Crippen molar-refractivity contribution in [2.24, 2.45) is 7.05 Å². The Morgan fingerprint density at radius 2 is 1.88 bits per heavy atom. The SMILES string of the molecule is Cn1c(-c2ccccc2)cc2c3c(ccc21)N1CCCCC1CC3=O. The zero-order valence-electron chi connectivity index (χ0n) is 14.5. The summed E-state index contributed by atoms with van der Waals surface area (Å²) in [7, 11) is 2.09. The van der Waals surface area contributed by atoms with E-state index in [0.29, 0.717) is 18.2 Å². The second-order valence-electron chi connectivity index (χ2n) is 7.32. The lowest BCUT2D eigenvalue weighted by atomic mass is 9.87. The zero-order chi connectivity index (χ0) is 17.0. The molecule has 25 heavy (non-hydrogen) atoms. The number of nitrogens with zero attached hydrogens (tertiary/aromatic N) is 2. The molecule has 1 saturated heterocycles. The van der Waals surface area contributed by atoms with Crippen LogP contribution in [0.3, 0.4) is 0 Å². The van der Waals surface area contributed by atoms with Crippen LogP contribution in [0, 0.1) is 0 Å². The Labute approximate surface area is 147 Å². The van der Waals surface area contributed by atoms with E-state index in [-0.39, 0.29) is 0 Å². The van der Waals surface area contributed by atoms with Crippen molar-refractivity contribution in [2.75, 3.05) is 11.4 Å². The van der Waals surface area contributed by atoms with Crippen molar-refractivity contribution in [3.63, 3.8) is 0 Å². The summed E-state index contributed by atoms with van der Waals surface area (Å²) in [5.41, 5.74) is 5.58. The first-order valence-corrected chi connectivity index (χ1v) is 9.22. The minimum absolute atomic E-state index is 0.314. The van der Waals surface area contributed by atoms with Crippen molar-refractivity contribution in [2.45, 2.75) is 31.7 Å². The van der Waals surface area contributed by atoms with Crippen molar-refractivity contribution in [3.05, 3.63) is 54.1 Å². The molecule has 1 fully saturated rings. The molecule has 0 radical (unpaired) electrons. The molecule has 1 unspecified atom stereocenters. The number of hydrogen-bond donors (Lipinski definition) is 0. The van der Waals surface area contributed by atoms with E-state index >= 15 is 0 Å². The number of carbonyl (C=O) groups is 1. The summed E-state index contributed by atoms with van der Waals surface area (Å²) in [6.07, 6.45) is 4.29. The fourth-order valence-electron chi connectivity index (χ4n) is 4.66. The summed E-state index contributed by atoms with van der Waals surface area (Å²) in [6, 6.07) is 17.4. The minimum Gasteiger partial charge on any atom is -0.367 e. The lowest BCUT2D eigenvalue weighted by Crippen LogP contribution is -2.44. The molecule has 3 heterocycles. The Kier molecular flexibility index (Phi) is 3.24. The van der Waals surface area contributed by atoms with Gasteiger partial charge in [-0.1, -0.05) is 30.3 Å². The molecule has 2 aromatic carbocycles. The Morgan fingerprint density at radius 3 is 2.72 bits per heavy atom. The molecule has 1 atom stereocenters. The summed E-state index contributed by atoms with van der Waals surface area (Å²) in [6.45, 7) is 1.08. The molecule has 0 spiro atoms. The van der Waals surface area contributed by atoms with Gasteiger partial charge in [0, 0.05) is 48.3 Å². The van der Waals surface area contributed by atoms with Gasteiger partial charge in [0.25, 0.3) is 0 Å². The number of aromatic nitrogens is 1. The minimum atomic E-state index is 0.314. The lowest BCUT2D eigenvalue weighted by molar-refractivity contribution is 0.0963. The fraction of sp³-hybridized carbons (Fsp3) is 0.318. The number of Topliss-reactive ketones (excluding diaryl/α,β-unsaturated/α-hetero) is 1. The molecule has 0 saturated carbocycles. The summed E-state index contributed by atoms with van der Waals surface area (Å²) >= 11 is 0. The highest BCUT2D eigenvalue weighted by Gasteiger charge is 2.34. The molecular formula is C22H22N2O. The van der Waals surface area contributed by atoms with Gasteiger partial charge in [-0.25, -0.2) is 0 Å². The third-order valence-electron chi connectivity index (χ3n) is 5.91. The lowest BCUT2D eigenvalue weighted by Gasteiger charge is -2.41. The van der Waals surface area contributed by atoms with Gasteiger partial charge >= 0.3 is 0 Å². The molecule has 3 aromatic rings. The first-order chi connectivity index (χ1) is 12.2. The number of piperidine rings is 1. The van der Waals surface area contributed by atoms with E-state index in [1.807, 2.05) is 6.07 Å². The maximum atomic E-state index is 13.0. The quantitative estimate of drug-likeness (QED) is 0.641.